The molecule has 0 aromatic carbocycles. The number of aliphatic carboxylic acids is 2. The second-order valence-electron chi connectivity index (χ2n) is 6.19. The first-order valence-electron chi connectivity index (χ1n) is 8.76. The van der Waals surface area contributed by atoms with E-state index >= 15 is 0 Å². The summed E-state index contributed by atoms with van der Waals surface area (Å²) in [5.74, 6) is -2.51. The smallest absolute Gasteiger partial charge is 0.331 e. The van der Waals surface area contributed by atoms with E-state index in [9.17, 15) is 14.7 Å². The van der Waals surface area contributed by atoms with Crippen LogP contribution in [0, 0.1) is 5.92 Å². The van der Waals surface area contributed by atoms with Gasteiger partial charge in [-0.15, -0.1) is 0 Å². The molecule has 0 aliphatic heterocycles. The summed E-state index contributed by atoms with van der Waals surface area (Å²) in [5, 5.41) is 18.1. The Hall–Kier alpha value is -1.58. The van der Waals surface area contributed by atoms with Crippen molar-refractivity contribution in [2.75, 3.05) is 0 Å². The lowest BCUT2D eigenvalue weighted by Gasteiger charge is -2.09. The fourth-order valence-corrected chi connectivity index (χ4v) is 2.48. The normalized spacial score (nSPS) is 12.9. The highest BCUT2D eigenvalue weighted by Gasteiger charge is 2.15. The van der Waals surface area contributed by atoms with Crippen molar-refractivity contribution in [2.24, 2.45) is 5.92 Å². The molecule has 4 heteroatoms. The third-order valence-corrected chi connectivity index (χ3v) is 4.10. The van der Waals surface area contributed by atoms with E-state index in [1.807, 2.05) is 0 Å². The van der Waals surface area contributed by atoms with Gasteiger partial charge in [0.2, 0.25) is 0 Å². The van der Waals surface area contributed by atoms with E-state index in [2.05, 4.69) is 13.5 Å². The highest BCUT2D eigenvalue weighted by atomic mass is 16.4. The van der Waals surface area contributed by atoms with Crippen molar-refractivity contribution < 1.29 is 19.8 Å². The molecule has 0 saturated heterocycles. The molecule has 4 nitrogen and oxygen atoms in total. The first-order chi connectivity index (χ1) is 10.9. The number of carboxylic acid groups (broad SMARTS) is 2. The Labute approximate surface area is 140 Å². The van der Waals surface area contributed by atoms with Crippen LogP contribution in [0.5, 0.6) is 0 Å². The molecule has 132 valence electrons. The van der Waals surface area contributed by atoms with Gasteiger partial charge in [0, 0.05) is 17.1 Å². The van der Waals surface area contributed by atoms with Crippen LogP contribution in [0.3, 0.4) is 0 Å². The highest BCUT2D eigenvalue weighted by Crippen LogP contribution is 2.18. The Bertz CT molecular complexity index is 410. The van der Waals surface area contributed by atoms with Crippen LogP contribution in [0.2, 0.25) is 0 Å². The van der Waals surface area contributed by atoms with Crippen LogP contribution in [0.4, 0.5) is 0 Å². The molecular weight excluding hydrogens is 292 g/mol. The molecule has 23 heavy (non-hydrogen) atoms. The molecule has 0 amide bonds. The second kappa shape index (κ2) is 12.9. The Balaban J connectivity index is 4.04. The Morgan fingerprint density at radius 1 is 0.913 bits per heavy atom. The summed E-state index contributed by atoms with van der Waals surface area (Å²) < 4.78 is 0. The standard InChI is InChI=1S/C19H32O4/c1-4-5-6-7-8-9-10-11-12-13-17(19(22)23)14-15(2)16(3)18(20)21/h14-15H,3-13H2,1-2H3,(H,20,21)(H,22,23). The summed E-state index contributed by atoms with van der Waals surface area (Å²) in [6.45, 7) is 7.35. The Kier molecular flexibility index (Phi) is 12.0. The maximum absolute atomic E-state index is 11.2. The van der Waals surface area contributed by atoms with E-state index in [4.69, 9.17) is 5.11 Å². The van der Waals surface area contributed by atoms with Crippen molar-refractivity contribution in [3.05, 3.63) is 23.8 Å². The van der Waals surface area contributed by atoms with Crippen molar-refractivity contribution in [1.29, 1.82) is 0 Å². The average Bonchev–Trinajstić information content (AvgIpc) is 2.50. The molecule has 0 radical (unpaired) electrons. The molecule has 0 fully saturated rings. The number of allylic oxidation sites excluding steroid dienone is 1. The molecule has 0 aromatic rings. The van der Waals surface area contributed by atoms with Crippen LogP contribution >= 0.6 is 0 Å². The second-order valence-corrected chi connectivity index (χ2v) is 6.19. The maximum atomic E-state index is 11.2. The van der Waals surface area contributed by atoms with Gasteiger partial charge >= 0.3 is 11.9 Å². The quantitative estimate of drug-likeness (QED) is 0.340. The van der Waals surface area contributed by atoms with Gasteiger partial charge in [-0.3, -0.25) is 0 Å². The fourth-order valence-electron chi connectivity index (χ4n) is 2.48. The molecular formula is C19H32O4. The fraction of sp³-hybridized carbons (Fsp3) is 0.684. The number of carboxylic acids is 2. The summed E-state index contributed by atoms with van der Waals surface area (Å²) in [4.78, 5) is 22.1. The summed E-state index contributed by atoms with van der Waals surface area (Å²) >= 11 is 0. The van der Waals surface area contributed by atoms with Gasteiger partial charge in [-0.2, -0.15) is 0 Å². The van der Waals surface area contributed by atoms with Gasteiger partial charge < -0.3 is 10.2 Å². The molecule has 0 saturated carbocycles. The average molecular weight is 324 g/mol. The van der Waals surface area contributed by atoms with E-state index in [0.29, 0.717) is 12.0 Å². The Morgan fingerprint density at radius 3 is 1.83 bits per heavy atom. The topological polar surface area (TPSA) is 74.6 Å². The Morgan fingerprint density at radius 2 is 1.39 bits per heavy atom. The van der Waals surface area contributed by atoms with Crippen molar-refractivity contribution in [3.8, 4) is 0 Å². The number of carbonyl (C=O) groups is 2. The van der Waals surface area contributed by atoms with E-state index in [1.54, 1.807) is 6.92 Å². The predicted octanol–water partition coefficient (Wildman–Crippen LogP) is 5.20. The van der Waals surface area contributed by atoms with Crippen LogP contribution < -0.4 is 0 Å². The molecule has 0 spiro atoms. The summed E-state index contributed by atoms with van der Waals surface area (Å²) in [6, 6.07) is 0. The minimum Gasteiger partial charge on any atom is -0.478 e. The molecule has 0 aliphatic rings. The minimum absolute atomic E-state index is 0.0239. The van der Waals surface area contributed by atoms with Crippen molar-refractivity contribution in [3.63, 3.8) is 0 Å². The molecule has 0 bridgehead atoms. The zero-order chi connectivity index (χ0) is 17.7. The lowest BCUT2D eigenvalue weighted by atomic mass is 9.96. The van der Waals surface area contributed by atoms with Gasteiger partial charge in [0.05, 0.1) is 0 Å². The molecule has 2 N–H and O–H groups in total. The number of unbranched alkanes of at least 4 members (excludes halogenated alkanes) is 8. The van der Waals surface area contributed by atoms with Crippen LogP contribution in [0.15, 0.2) is 23.8 Å². The largest absolute Gasteiger partial charge is 0.478 e. The molecule has 1 atom stereocenters. The van der Waals surface area contributed by atoms with Gasteiger partial charge in [0.1, 0.15) is 0 Å². The van der Waals surface area contributed by atoms with E-state index in [1.165, 1.54) is 44.6 Å². The SMILES string of the molecule is C=C(C(=O)O)C(C)C=C(CCCCCCCCCCC)C(=O)O. The zero-order valence-electron chi connectivity index (χ0n) is 14.6. The van der Waals surface area contributed by atoms with E-state index < -0.39 is 17.9 Å². The lowest BCUT2D eigenvalue weighted by Crippen LogP contribution is -2.09. The van der Waals surface area contributed by atoms with Crippen molar-refractivity contribution in [2.45, 2.75) is 78.1 Å². The molecule has 0 aromatic heterocycles. The number of hydrogen-bond acceptors (Lipinski definition) is 2. The van der Waals surface area contributed by atoms with E-state index in [-0.39, 0.29) is 5.57 Å². The van der Waals surface area contributed by atoms with Gasteiger partial charge in [-0.05, 0) is 12.8 Å². The third-order valence-electron chi connectivity index (χ3n) is 4.10. The first kappa shape index (κ1) is 21.4. The first-order valence-corrected chi connectivity index (χ1v) is 8.76. The van der Waals surface area contributed by atoms with Crippen LogP contribution in [0.25, 0.3) is 0 Å². The van der Waals surface area contributed by atoms with Gasteiger partial charge in [-0.25, -0.2) is 9.59 Å². The maximum Gasteiger partial charge on any atom is 0.331 e. The summed E-state index contributed by atoms with van der Waals surface area (Å²) in [5.41, 5.74) is 0.318. The van der Waals surface area contributed by atoms with Gasteiger partial charge in [0.15, 0.2) is 0 Å². The van der Waals surface area contributed by atoms with Gasteiger partial charge in [-0.1, -0.05) is 77.9 Å². The molecule has 0 rings (SSSR count). The molecule has 0 aliphatic carbocycles. The van der Waals surface area contributed by atoms with E-state index in [0.717, 1.165) is 19.3 Å². The lowest BCUT2D eigenvalue weighted by molar-refractivity contribution is -0.134. The monoisotopic (exact) mass is 324 g/mol. The van der Waals surface area contributed by atoms with Crippen LogP contribution in [-0.4, -0.2) is 22.2 Å². The van der Waals surface area contributed by atoms with Crippen molar-refractivity contribution in [1.82, 2.24) is 0 Å². The predicted molar refractivity (Wildman–Crippen MR) is 93.5 cm³/mol. The minimum atomic E-state index is -1.08. The summed E-state index contributed by atoms with van der Waals surface area (Å²) in [7, 11) is 0. The number of rotatable bonds is 14. The number of hydrogen-bond donors (Lipinski definition) is 2. The van der Waals surface area contributed by atoms with Crippen LogP contribution in [0.1, 0.15) is 78.1 Å². The summed E-state index contributed by atoms with van der Waals surface area (Å²) in [6.07, 6.45) is 12.6. The molecule has 0 heterocycles. The van der Waals surface area contributed by atoms with Crippen molar-refractivity contribution >= 4 is 11.9 Å². The molecule has 1 unspecified atom stereocenters. The highest BCUT2D eigenvalue weighted by molar-refractivity contribution is 5.89. The third kappa shape index (κ3) is 10.7. The van der Waals surface area contributed by atoms with Gasteiger partial charge in [0.25, 0.3) is 0 Å². The van der Waals surface area contributed by atoms with Crippen LogP contribution in [-0.2, 0) is 9.59 Å². The zero-order valence-corrected chi connectivity index (χ0v) is 14.6.